The summed E-state index contributed by atoms with van der Waals surface area (Å²) in [5, 5.41) is 20.7. The highest BCUT2D eigenvalue weighted by molar-refractivity contribution is 5.70. The van der Waals surface area contributed by atoms with Crippen molar-refractivity contribution in [1.82, 2.24) is 20.2 Å². The van der Waals surface area contributed by atoms with E-state index < -0.39 is 11.9 Å². The molecule has 0 saturated carbocycles. The third kappa shape index (κ3) is 2.22. The third-order valence-corrected chi connectivity index (χ3v) is 3.73. The van der Waals surface area contributed by atoms with E-state index in [0.717, 1.165) is 12.2 Å². The summed E-state index contributed by atoms with van der Waals surface area (Å²) in [5.41, 5.74) is 0. The lowest BCUT2D eigenvalue weighted by Crippen LogP contribution is -2.26. The van der Waals surface area contributed by atoms with Crippen LogP contribution in [0.5, 0.6) is 0 Å². The van der Waals surface area contributed by atoms with Crippen LogP contribution in [0.1, 0.15) is 45.0 Å². The van der Waals surface area contributed by atoms with Crippen molar-refractivity contribution in [2.75, 3.05) is 6.61 Å². The molecule has 2 rings (SSSR count). The Bertz CT molecular complexity index is 434. The Hall–Kier alpha value is -1.50. The first-order valence-corrected chi connectivity index (χ1v) is 6.14. The molecule has 7 heteroatoms. The standard InChI is InChI=1S/C11H18N4O3/c1-6(11(16)17)7(2)15-10(12-13-14-15)9-4-5-18-8(9)3/h6-9H,4-5H2,1-3H3,(H,16,17). The van der Waals surface area contributed by atoms with Crippen molar-refractivity contribution >= 4 is 5.97 Å². The quantitative estimate of drug-likeness (QED) is 0.856. The van der Waals surface area contributed by atoms with Gasteiger partial charge in [-0.15, -0.1) is 5.10 Å². The lowest BCUT2D eigenvalue weighted by Gasteiger charge is -2.20. The number of rotatable bonds is 4. The van der Waals surface area contributed by atoms with Crippen LogP contribution in [-0.4, -0.2) is 44.0 Å². The molecule has 1 aromatic rings. The zero-order valence-electron chi connectivity index (χ0n) is 10.8. The molecule has 2 heterocycles. The highest BCUT2D eigenvalue weighted by Crippen LogP contribution is 2.31. The van der Waals surface area contributed by atoms with E-state index in [1.54, 1.807) is 11.6 Å². The number of nitrogens with zero attached hydrogens (tertiary/aromatic N) is 4. The fourth-order valence-electron chi connectivity index (χ4n) is 2.22. The molecule has 0 radical (unpaired) electrons. The fraction of sp³-hybridized carbons (Fsp3) is 0.818. The van der Waals surface area contributed by atoms with Gasteiger partial charge in [0.15, 0.2) is 5.82 Å². The highest BCUT2D eigenvalue weighted by Gasteiger charge is 2.33. The molecule has 1 aliphatic heterocycles. The molecule has 100 valence electrons. The second-order valence-electron chi connectivity index (χ2n) is 4.82. The van der Waals surface area contributed by atoms with Gasteiger partial charge < -0.3 is 9.84 Å². The van der Waals surface area contributed by atoms with E-state index in [0.29, 0.717) is 6.61 Å². The smallest absolute Gasteiger partial charge is 0.308 e. The second-order valence-corrected chi connectivity index (χ2v) is 4.82. The number of hydrogen-bond donors (Lipinski definition) is 1. The van der Waals surface area contributed by atoms with Crippen molar-refractivity contribution in [2.24, 2.45) is 5.92 Å². The molecule has 0 bridgehead atoms. The van der Waals surface area contributed by atoms with Crippen LogP contribution in [0.15, 0.2) is 0 Å². The van der Waals surface area contributed by atoms with Crippen LogP contribution in [0.2, 0.25) is 0 Å². The first-order chi connectivity index (χ1) is 8.52. The molecule has 1 fully saturated rings. The summed E-state index contributed by atoms with van der Waals surface area (Å²) in [6, 6.07) is -0.278. The second kappa shape index (κ2) is 5.01. The van der Waals surface area contributed by atoms with Gasteiger partial charge in [-0.05, 0) is 37.6 Å². The first-order valence-electron chi connectivity index (χ1n) is 6.14. The fourth-order valence-corrected chi connectivity index (χ4v) is 2.22. The van der Waals surface area contributed by atoms with Crippen molar-refractivity contribution in [3.8, 4) is 0 Å². The minimum absolute atomic E-state index is 0.0714. The Kier molecular flexibility index (Phi) is 3.60. The molecule has 0 spiro atoms. The highest BCUT2D eigenvalue weighted by atomic mass is 16.5. The number of carboxylic acid groups (broad SMARTS) is 1. The van der Waals surface area contributed by atoms with Gasteiger partial charge in [-0.25, -0.2) is 4.68 Å². The molecule has 18 heavy (non-hydrogen) atoms. The monoisotopic (exact) mass is 254 g/mol. The molecule has 0 amide bonds. The van der Waals surface area contributed by atoms with Crippen LogP contribution >= 0.6 is 0 Å². The van der Waals surface area contributed by atoms with Gasteiger partial charge in [-0.1, -0.05) is 0 Å². The zero-order valence-corrected chi connectivity index (χ0v) is 10.8. The molecule has 1 N–H and O–H groups in total. The topological polar surface area (TPSA) is 90.1 Å². The number of aliphatic carboxylic acids is 1. The largest absolute Gasteiger partial charge is 0.481 e. The van der Waals surface area contributed by atoms with Gasteiger partial charge >= 0.3 is 5.97 Å². The average Bonchev–Trinajstić information content (AvgIpc) is 2.94. The summed E-state index contributed by atoms with van der Waals surface area (Å²) in [4.78, 5) is 11.0. The minimum Gasteiger partial charge on any atom is -0.481 e. The Balaban J connectivity index is 2.24. The maximum Gasteiger partial charge on any atom is 0.308 e. The van der Waals surface area contributed by atoms with Crippen molar-refractivity contribution in [2.45, 2.75) is 45.3 Å². The number of ether oxygens (including phenoxy) is 1. The van der Waals surface area contributed by atoms with Gasteiger partial charge in [-0.3, -0.25) is 4.79 Å². The van der Waals surface area contributed by atoms with Gasteiger partial charge in [0, 0.05) is 12.5 Å². The van der Waals surface area contributed by atoms with Crippen LogP contribution in [0.4, 0.5) is 0 Å². The molecular formula is C11H18N4O3. The summed E-state index contributed by atoms with van der Waals surface area (Å²) in [6.45, 7) is 6.16. The molecule has 4 unspecified atom stereocenters. The summed E-state index contributed by atoms with van der Waals surface area (Å²) >= 11 is 0. The number of hydrogen-bond acceptors (Lipinski definition) is 5. The number of tetrazole rings is 1. The summed E-state index contributed by atoms with van der Waals surface area (Å²) in [5.74, 6) is -0.520. The number of carbonyl (C=O) groups is 1. The summed E-state index contributed by atoms with van der Waals surface area (Å²) < 4.78 is 7.13. The van der Waals surface area contributed by atoms with Gasteiger partial charge in [-0.2, -0.15) is 0 Å². The van der Waals surface area contributed by atoms with E-state index in [4.69, 9.17) is 9.84 Å². The van der Waals surface area contributed by atoms with E-state index >= 15 is 0 Å². The lowest BCUT2D eigenvalue weighted by atomic mass is 9.99. The third-order valence-electron chi connectivity index (χ3n) is 3.73. The van der Waals surface area contributed by atoms with E-state index in [1.807, 2.05) is 13.8 Å². The number of carboxylic acids is 1. The molecule has 1 aromatic heterocycles. The molecule has 0 aliphatic carbocycles. The van der Waals surface area contributed by atoms with Gasteiger partial charge in [0.05, 0.1) is 18.1 Å². The van der Waals surface area contributed by atoms with Crippen molar-refractivity contribution in [3.05, 3.63) is 5.82 Å². The molecule has 4 atom stereocenters. The predicted octanol–water partition coefficient (Wildman–Crippen LogP) is 0.847. The molecular weight excluding hydrogens is 236 g/mol. The Morgan fingerprint density at radius 1 is 1.56 bits per heavy atom. The van der Waals surface area contributed by atoms with Gasteiger partial charge in [0.25, 0.3) is 0 Å². The molecule has 0 aromatic carbocycles. The maximum atomic E-state index is 11.0. The number of aromatic nitrogens is 4. The zero-order chi connectivity index (χ0) is 13.3. The van der Waals surface area contributed by atoms with Gasteiger partial charge in [0.2, 0.25) is 0 Å². The maximum absolute atomic E-state index is 11.0. The summed E-state index contributed by atoms with van der Waals surface area (Å²) in [7, 11) is 0. The van der Waals surface area contributed by atoms with E-state index in [2.05, 4.69) is 15.5 Å². The van der Waals surface area contributed by atoms with E-state index in [9.17, 15) is 4.79 Å². The van der Waals surface area contributed by atoms with Crippen LogP contribution in [0.25, 0.3) is 0 Å². The van der Waals surface area contributed by atoms with Gasteiger partial charge in [0.1, 0.15) is 0 Å². The van der Waals surface area contributed by atoms with E-state index in [1.165, 1.54) is 0 Å². The lowest BCUT2D eigenvalue weighted by molar-refractivity contribution is -0.142. The van der Waals surface area contributed by atoms with Crippen molar-refractivity contribution in [1.29, 1.82) is 0 Å². The van der Waals surface area contributed by atoms with Crippen LogP contribution < -0.4 is 0 Å². The average molecular weight is 254 g/mol. The minimum atomic E-state index is -0.848. The van der Waals surface area contributed by atoms with Crippen molar-refractivity contribution in [3.63, 3.8) is 0 Å². The van der Waals surface area contributed by atoms with Crippen LogP contribution in [0.3, 0.4) is 0 Å². The first kappa shape index (κ1) is 12.9. The molecule has 1 aliphatic rings. The Labute approximate surface area is 105 Å². The normalized spacial score (nSPS) is 27.1. The molecule has 1 saturated heterocycles. The van der Waals surface area contributed by atoms with Crippen LogP contribution in [0, 0.1) is 5.92 Å². The Morgan fingerprint density at radius 2 is 2.28 bits per heavy atom. The predicted molar refractivity (Wildman–Crippen MR) is 62.1 cm³/mol. The van der Waals surface area contributed by atoms with E-state index in [-0.39, 0.29) is 18.1 Å². The SMILES string of the molecule is CC1OCCC1c1nnnn1C(C)C(C)C(=O)O. The Morgan fingerprint density at radius 3 is 2.83 bits per heavy atom. The summed E-state index contributed by atoms with van der Waals surface area (Å²) in [6.07, 6.45) is 0.942. The molecule has 7 nitrogen and oxygen atoms in total. The van der Waals surface area contributed by atoms with Crippen LogP contribution in [-0.2, 0) is 9.53 Å². The van der Waals surface area contributed by atoms with Crippen molar-refractivity contribution < 1.29 is 14.6 Å².